The van der Waals surface area contributed by atoms with Crippen LogP contribution < -0.4 is 4.74 Å². The Morgan fingerprint density at radius 1 is 1.23 bits per heavy atom. The molecule has 0 bridgehead atoms. The average Bonchev–Trinajstić information content (AvgIpc) is 3.34. The maximum atomic E-state index is 12.7. The van der Waals surface area contributed by atoms with Crippen LogP contribution in [0.2, 0.25) is 0 Å². The zero-order valence-corrected chi connectivity index (χ0v) is 15.4. The van der Waals surface area contributed by atoms with E-state index in [-0.39, 0.29) is 12.0 Å². The predicted octanol–water partition coefficient (Wildman–Crippen LogP) is 3.79. The second-order valence-corrected chi connectivity index (χ2v) is 6.87. The normalized spacial score (nSPS) is 16.7. The molecule has 2 aromatic heterocycles. The van der Waals surface area contributed by atoms with Gasteiger partial charge in [0.25, 0.3) is 5.91 Å². The summed E-state index contributed by atoms with van der Waals surface area (Å²) in [6, 6.07) is 15.0. The first-order valence-electron chi connectivity index (χ1n) is 8.29. The van der Waals surface area contributed by atoms with Gasteiger partial charge in [-0.2, -0.15) is 0 Å². The van der Waals surface area contributed by atoms with Gasteiger partial charge < -0.3 is 14.2 Å². The summed E-state index contributed by atoms with van der Waals surface area (Å²) in [4.78, 5) is 18.6. The predicted molar refractivity (Wildman–Crippen MR) is 98.8 cm³/mol. The van der Waals surface area contributed by atoms with E-state index in [1.54, 1.807) is 17.2 Å². The molecule has 4 rings (SSSR count). The molecule has 1 aromatic carbocycles. The molecule has 0 aliphatic carbocycles. The molecule has 7 heteroatoms. The number of pyridine rings is 1. The molecule has 26 heavy (non-hydrogen) atoms. The fourth-order valence-corrected chi connectivity index (χ4v) is 3.25. The van der Waals surface area contributed by atoms with E-state index in [2.05, 4.69) is 26.1 Å². The third-order valence-electron chi connectivity index (χ3n) is 4.22. The standard InChI is InChI=1S/C19H16BrN3O3/c20-15-7-4-9-21-18(15)25-14-8-10-23(12-14)19(24)16-11-17(26-22-16)13-5-2-1-3-6-13/h1-7,9,11,14H,8,10,12H2/t14-/m1/s1. The number of likely N-dealkylation sites (tertiary alicyclic amines) is 1. The van der Waals surface area contributed by atoms with Gasteiger partial charge in [0.15, 0.2) is 11.5 Å². The number of aromatic nitrogens is 2. The Morgan fingerprint density at radius 2 is 2.08 bits per heavy atom. The number of amides is 1. The fraction of sp³-hybridized carbons (Fsp3) is 0.211. The van der Waals surface area contributed by atoms with Gasteiger partial charge in [0.1, 0.15) is 6.10 Å². The van der Waals surface area contributed by atoms with Crippen LogP contribution in [0.4, 0.5) is 0 Å². The highest BCUT2D eigenvalue weighted by Gasteiger charge is 2.30. The molecule has 6 nitrogen and oxygen atoms in total. The molecule has 1 fully saturated rings. The molecule has 0 spiro atoms. The lowest BCUT2D eigenvalue weighted by Gasteiger charge is -2.16. The highest BCUT2D eigenvalue weighted by molar-refractivity contribution is 9.10. The summed E-state index contributed by atoms with van der Waals surface area (Å²) < 4.78 is 12.0. The number of rotatable bonds is 4. The molecule has 0 unspecified atom stereocenters. The molecule has 1 aliphatic rings. The molecule has 1 amide bonds. The van der Waals surface area contributed by atoms with E-state index in [0.29, 0.717) is 30.4 Å². The molecular formula is C19H16BrN3O3. The molecule has 1 saturated heterocycles. The van der Waals surface area contributed by atoms with Gasteiger partial charge in [-0.1, -0.05) is 35.5 Å². The highest BCUT2D eigenvalue weighted by Crippen LogP contribution is 2.26. The Kier molecular flexibility index (Phi) is 4.71. The number of hydrogen-bond donors (Lipinski definition) is 0. The maximum absolute atomic E-state index is 12.7. The van der Waals surface area contributed by atoms with Crippen LogP contribution in [0.3, 0.4) is 0 Å². The SMILES string of the molecule is O=C(c1cc(-c2ccccc2)on1)N1CC[C@@H](Oc2ncccc2Br)C1. The third kappa shape index (κ3) is 3.48. The fourth-order valence-electron chi connectivity index (χ4n) is 2.90. The first-order valence-corrected chi connectivity index (χ1v) is 9.08. The molecule has 0 N–H and O–H groups in total. The lowest BCUT2D eigenvalue weighted by atomic mass is 10.1. The van der Waals surface area contributed by atoms with Crippen LogP contribution in [0.15, 0.2) is 63.7 Å². The van der Waals surface area contributed by atoms with Crippen LogP contribution in [-0.4, -0.2) is 40.1 Å². The molecule has 3 aromatic rings. The number of hydrogen-bond acceptors (Lipinski definition) is 5. The summed E-state index contributed by atoms with van der Waals surface area (Å²) in [7, 11) is 0. The zero-order chi connectivity index (χ0) is 17.9. The van der Waals surface area contributed by atoms with Crippen molar-refractivity contribution < 1.29 is 14.1 Å². The van der Waals surface area contributed by atoms with Crippen LogP contribution in [0.25, 0.3) is 11.3 Å². The Balaban J connectivity index is 1.42. The first-order chi connectivity index (χ1) is 12.7. The molecule has 1 atom stereocenters. The van der Waals surface area contributed by atoms with Crippen LogP contribution in [0.1, 0.15) is 16.9 Å². The summed E-state index contributed by atoms with van der Waals surface area (Å²) in [5, 5.41) is 3.93. The van der Waals surface area contributed by atoms with Crippen LogP contribution in [-0.2, 0) is 0 Å². The summed E-state index contributed by atoms with van der Waals surface area (Å²) in [6.07, 6.45) is 2.34. The molecule has 132 valence electrons. The van der Waals surface area contributed by atoms with Crippen LogP contribution in [0, 0.1) is 0 Å². The minimum absolute atomic E-state index is 0.0920. The third-order valence-corrected chi connectivity index (χ3v) is 4.83. The Hall–Kier alpha value is -2.67. The van der Waals surface area contributed by atoms with E-state index >= 15 is 0 Å². The minimum Gasteiger partial charge on any atom is -0.472 e. The van der Waals surface area contributed by atoms with Crippen molar-refractivity contribution in [2.75, 3.05) is 13.1 Å². The Morgan fingerprint density at radius 3 is 2.88 bits per heavy atom. The quantitative estimate of drug-likeness (QED) is 0.650. The molecule has 1 aliphatic heterocycles. The molecule has 0 radical (unpaired) electrons. The number of carbonyl (C=O) groups excluding carboxylic acids is 1. The van der Waals surface area contributed by atoms with Crippen molar-refractivity contribution in [3.63, 3.8) is 0 Å². The van der Waals surface area contributed by atoms with Crippen molar-refractivity contribution in [3.8, 4) is 17.2 Å². The smallest absolute Gasteiger partial charge is 0.276 e. The monoisotopic (exact) mass is 413 g/mol. The number of ether oxygens (including phenoxy) is 1. The Labute approximate surface area is 158 Å². The van der Waals surface area contributed by atoms with Gasteiger partial charge in [0.2, 0.25) is 5.88 Å². The maximum Gasteiger partial charge on any atom is 0.276 e. The van der Waals surface area contributed by atoms with Crippen molar-refractivity contribution >= 4 is 21.8 Å². The molecule has 0 saturated carbocycles. The van der Waals surface area contributed by atoms with Gasteiger partial charge in [-0.15, -0.1) is 0 Å². The largest absolute Gasteiger partial charge is 0.472 e. The summed E-state index contributed by atoms with van der Waals surface area (Å²) in [6.45, 7) is 1.11. The van der Waals surface area contributed by atoms with E-state index in [9.17, 15) is 4.79 Å². The summed E-state index contributed by atoms with van der Waals surface area (Å²) in [5.74, 6) is 0.972. The van der Waals surface area contributed by atoms with Crippen molar-refractivity contribution in [3.05, 3.63) is 64.9 Å². The van der Waals surface area contributed by atoms with E-state index in [0.717, 1.165) is 16.5 Å². The minimum atomic E-state index is -0.151. The number of benzene rings is 1. The van der Waals surface area contributed by atoms with E-state index in [4.69, 9.17) is 9.26 Å². The summed E-state index contributed by atoms with van der Waals surface area (Å²) in [5.41, 5.74) is 1.20. The lowest BCUT2D eigenvalue weighted by molar-refractivity contribution is 0.0761. The second kappa shape index (κ2) is 7.29. The number of carbonyl (C=O) groups is 1. The summed E-state index contributed by atoms with van der Waals surface area (Å²) >= 11 is 3.42. The van der Waals surface area contributed by atoms with Gasteiger partial charge in [0.05, 0.1) is 11.0 Å². The van der Waals surface area contributed by atoms with Crippen molar-refractivity contribution in [2.24, 2.45) is 0 Å². The molecule has 3 heterocycles. The lowest BCUT2D eigenvalue weighted by Crippen LogP contribution is -2.31. The Bertz CT molecular complexity index is 913. The van der Waals surface area contributed by atoms with E-state index in [1.807, 2.05) is 42.5 Å². The highest BCUT2D eigenvalue weighted by atomic mass is 79.9. The second-order valence-electron chi connectivity index (χ2n) is 6.01. The average molecular weight is 414 g/mol. The zero-order valence-electron chi connectivity index (χ0n) is 13.8. The van der Waals surface area contributed by atoms with Crippen molar-refractivity contribution in [1.29, 1.82) is 0 Å². The topological polar surface area (TPSA) is 68.5 Å². The van der Waals surface area contributed by atoms with Crippen molar-refractivity contribution in [2.45, 2.75) is 12.5 Å². The molecular weight excluding hydrogens is 398 g/mol. The van der Waals surface area contributed by atoms with Crippen molar-refractivity contribution in [1.82, 2.24) is 15.0 Å². The van der Waals surface area contributed by atoms with Crippen LogP contribution >= 0.6 is 15.9 Å². The number of nitrogens with zero attached hydrogens (tertiary/aromatic N) is 3. The van der Waals surface area contributed by atoms with Gasteiger partial charge in [-0.05, 0) is 28.1 Å². The van der Waals surface area contributed by atoms with E-state index in [1.165, 1.54) is 0 Å². The van der Waals surface area contributed by atoms with Gasteiger partial charge in [-0.25, -0.2) is 4.98 Å². The number of halogens is 1. The van der Waals surface area contributed by atoms with Gasteiger partial charge in [-0.3, -0.25) is 4.79 Å². The van der Waals surface area contributed by atoms with Gasteiger partial charge >= 0.3 is 0 Å². The first kappa shape index (κ1) is 16.8. The van der Waals surface area contributed by atoms with Gasteiger partial charge in [0, 0.05) is 30.8 Å². The van der Waals surface area contributed by atoms with E-state index < -0.39 is 0 Å². The van der Waals surface area contributed by atoms with Crippen LogP contribution in [0.5, 0.6) is 5.88 Å².